The molecule has 0 aromatic heterocycles. The molecular formula is C13H22. The first kappa shape index (κ1) is 12.2. The molecule has 74 valence electrons. The lowest BCUT2D eigenvalue weighted by Gasteiger charge is -1.98. The zero-order valence-electron chi connectivity index (χ0n) is 9.16. The van der Waals surface area contributed by atoms with E-state index in [0.717, 1.165) is 5.92 Å². The summed E-state index contributed by atoms with van der Waals surface area (Å²) in [6, 6.07) is 12.0. The maximum Gasteiger partial charge on any atom is -0.0471 e. The van der Waals surface area contributed by atoms with Crippen LogP contribution in [-0.2, 0) is 0 Å². The van der Waals surface area contributed by atoms with Crippen LogP contribution in [0.5, 0.6) is 0 Å². The third-order valence-electron chi connectivity index (χ3n) is 1.80. The smallest absolute Gasteiger partial charge is 0.0471 e. The van der Waals surface area contributed by atoms with Gasteiger partial charge in [-0.15, -0.1) is 0 Å². The van der Waals surface area contributed by atoms with E-state index in [2.05, 4.69) is 20.8 Å². The minimum Gasteiger partial charge on any atom is -0.0654 e. The molecular weight excluding hydrogens is 156 g/mol. The molecule has 0 nitrogen and oxygen atoms in total. The highest BCUT2D eigenvalue weighted by molar-refractivity contribution is 4.99. The molecule has 0 aliphatic carbocycles. The second kappa shape index (κ2) is 9.31. The van der Waals surface area contributed by atoms with Crippen LogP contribution in [0.1, 0.15) is 40.0 Å². The summed E-state index contributed by atoms with van der Waals surface area (Å²) in [7, 11) is 0. The van der Waals surface area contributed by atoms with E-state index in [4.69, 9.17) is 0 Å². The second-order valence-corrected chi connectivity index (χ2v) is 3.69. The molecule has 0 saturated carbocycles. The van der Waals surface area contributed by atoms with Crippen LogP contribution in [0, 0.1) is 5.92 Å². The molecule has 0 heteroatoms. The van der Waals surface area contributed by atoms with Crippen LogP contribution in [0.3, 0.4) is 0 Å². The van der Waals surface area contributed by atoms with E-state index < -0.39 is 0 Å². The van der Waals surface area contributed by atoms with Gasteiger partial charge < -0.3 is 0 Å². The SMILES string of the molecule is CCCCC(C)C.c1ccccc1. The van der Waals surface area contributed by atoms with Crippen LogP contribution in [0.4, 0.5) is 0 Å². The van der Waals surface area contributed by atoms with Crippen LogP contribution in [0.25, 0.3) is 0 Å². The maximum absolute atomic E-state index is 2.27. The molecule has 1 aromatic rings. The van der Waals surface area contributed by atoms with Gasteiger partial charge in [-0.2, -0.15) is 0 Å². The molecule has 0 spiro atoms. The largest absolute Gasteiger partial charge is 0.0654 e. The first-order chi connectivity index (χ1) is 6.27. The molecule has 0 N–H and O–H groups in total. The highest BCUT2D eigenvalue weighted by Gasteiger charge is 1.88. The zero-order valence-corrected chi connectivity index (χ0v) is 9.16. The van der Waals surface area contributed by atoms with Gasteiger partial charge in [0.25, 0.3) is 0 Å². The predicted octanol–water partition coefficient (Wildman–Crippen LogP) is 4.52. The summed E-state index contributed by atoms with van der Waals surface area (Å²) in [5.74, 6) is 0.903. The molecule has 0 atom stereocenters. The van der Waals surface area contributed by atoms with Gasteiger partial charge in [-0.1, -0.05) is 76.4 Å². The average Bonchev–Trinajstić information content (AvgIpc) is 2.18. The molecule has 0 heterocycles. The van der Waals surface area contributed by atoms with Crippen molar-refractivity contribution in [2.24, 2.45) is 5.92 Å². The predicted molar refractivity (Wildman–Crippen MR) is 60.8 cm³/mol. The summed E-state index contributed by atoms with van der Waals surface area (Å²) in [5.41, 5.74) is 0. The van der Waals surface area contributed by atoms with Crippen molar-refractivity contribution in [3.63, 3.8) is 0 Å². The number of rotatable bonds is 3. The molecule has 0 aliphatic heterocycles. The Labute approximate surface area is 83.0 Å². The van der Waals surface area contributed by atoms with Gasteiger partial charge in [-0.3, -0.25) is 0 Å². The molecule has 0 amide bonds. The first-order valence-electron chi connectivity index (χ1n) is 5.27. The van der Waals surface area contributed by atoms with E-state index in [1.165, 1.54) is 19.3 Å². The number of unbranched alkanes of at least 4 members (excludes halogenated alkanes) is 1. The Bertz CT molecular complexity index is 138. The number of benzene rings is 1. The van der Waals surface area contributed by atoms with Crippen molar-refractivity contribution >= 4 is 0 Å². The van der Waals surface area contributed by atoms with E-state index in [-0.39, 0.29) is 0 Å². The van der Waals surface area contributed by atoms with Crippen molar-refractivity contribution in [2.45, 2.75) is 40.0 Å². The van der Waals surface area contributed by atoms with Crippen LogP contribution in [-0.4, -0.2) is 0 Å². The Morgan fingerprint density at radius 3 is 1.38 bits per heavy atom. The lowest BCUT2D eigenvalue weighted by Crippen LogP contribution is -1.83. The van der Waals surface area contributed by atoms with Crippen molar-refractivity contribution in [1.82, 2.24) is 0 Å². The Morgan fingerprint density at radius 1 is 0.846 bits per heavy atom. The summed E-state index contributed by atoms with van der Waals surface area (Å²) >= 11 is 0. The summed E-state index contributed by atoms with van der Waals surface area (Å²) in [6.07, 6.45) is 4.15. The van der Waals surface area contributed by atoms with Gasteiger partial charge in [0, 0.05) is 0 Å². The van der Waals surface area contributed by atoms with Crippen molar-refractivity contribution in [2.75, 3.05) is 0 Å². The average molecular weight is 178 g/mol. The summed E-state index contributed by atoms with van der Waals surface area (Å²) in [5, 5.41) is 0. The highest BCUT2D eigenvalue weighted by atomic mass is 13.9. The molecule has 0 radical (unpaired) electrons. The summed E-state index contributed by atoms with van der Waals surface area (Å²) in [6.45, 7) is 6.79. The van der Waals surface area contributed by atoms with Gasteiger partial charge in [-0.05, 0) is 5.92 Å². The molecule has 1 rings (SSSR count). The van der Waals surface area contributed by atoms with E-state index in [9.17, 15) is 0 Å². The highest BCUT2D eigenvalue weighted by Crippen LogP contribution is 2.04. The Kier molecular flexibility index (Phi) is 8.75. The monoisotopic (exact) mass is 178 g/mol. The Hall–Kier alpha value is -0.780. The fraction of sp³-hybridized carbons (Fsp3) is 0.538. The Morgan fingerprint density at radius 2 is 1.23 bits per heavy atom. The van der Waals surface area contributed by atoms with E-state index in [1.807, 2.05) is 36.4 Å². The maximum atomic E-state index is 2.27. The standard InChI is InChI=1S/C7H16.C6H6/c1-4-5-6-7(2)3;1-2-4-6-5-3-1/h7H,4-6H2,1-3H3;1-6H. The van der Waals surface area contributed by atoms with Crippen LogP contribution < -0.4 is 0 Å². The zero-order chi connectivity index (χ0) is 9.94. The third-order valence-corrected chi connectivity index (χ3v) is 1.80. The summed E-state index contributed by atoms with van der Waals surface area (Å²) in [4.78, 5) is 0. The summed E-state index contributed by atoms with van der Waals surface area (Å²) < 4.78 is 0. The van der Waals surface area contributed by atoms with Crippen LogP contribution >= 0.6 is 0 Å². The molecule has 0 saturated heterocycles. The third kappa shape index (κ3) is 11.2. The first-order valence-corrected chi connectivity index (χ1v) is 5.27. The van der Waals surface area contributed by atoms with Gasteiger partial charge in [0.1, 0.15) is 0 Å². The fourth-order valence-electron chi connectivity index (χ4n) is 0.997. The van der Waals surface area contributed by atoms with Crippen molar-refractivity contribution in [3.8, 4) is 0 Å². The molecule has 0 aliphatic rings. The fourth-order valence-corrected chi connectivity index (χ4v) is 0.997. The minimum absolute atomic E-state index is 0.903. The van der Waals surface area contributed by atoms with Crippen molar-refractivity contribution in [3.05, 3.63) is 36.4 Å². The van der Waals surface area contributed by atoms with E-state index >= 15 is 0 Å². The van der Waals surface area contributed by atoms with E-state index in [0.29, 0.717) is 0 Å². The van der Waals surface area contributed by atoms with Gasteiger partial charge in [0.15, 0.2) is 0 Å². The molecule has 1 aromatic carbocycles. The lowest BCUT2D eigenvalue weighted by molar-refractivity contribution is 0.550. The van der Waals surface area contributed by atoms with Crippen LogP contribution in [0.2, 0.25) is 0 Å². The quantitative estimate of drug-likeness (QED) is 0.638. The minimum atomic E-state index is 0.903. The Balaban J connectivity index is 0.000000223. The molecule has 0 unspecified atom stereocenters. The molecule has 13 heavy (non-hydrogen) atoms. The molecule has 0 fully saturated rings. The van der Waals surface area contributed by atoms with Gasteiger partial charge >= 0.3 is 0 Å². The van der Waals surface area contributed by atoms with Crippen molar-refractivity contribution in [1.29, 1.82) is 0 Å². The normalized spacial score (nSPS) is 9.23. The van der Waals surface area contributed by atoms with Gasteiger partial charge in [-0.25, -0.2) is 0 Å². The van der Waals surface area contributed by atoms with Crippen molar-refractivity contribution < 1.29 is 0 Å². The van der Waals surface area contributed by atoms with Gasteiger partial charge in [0.2, 0.25) is 0 Å². The van der Waals surface area contributed by atoms with E-state index in [1.54, 1.807) is 0 Å². The molecule has 0 bridgehead atoms. The topological polar surface area (TPSA) is 0 Å². The number of hydrogen-bond donors (Lipinski definition) is 0. The second-order valence-electron chi connectivity index (χ2n) is 3.69. The number of hydrogen-bond acceptors (Lipinski definition) is 0. The van der Waals surface area contributed by atoms with Gasteiger partial charge in [0.05, 0.1) is 0 Å². The lowest BCUT2D eigenvalue weighted by atomic mass is 10.1. The van der Waals surface area contributed by atoms with Crippen LogP contribution in [0.15, 0.2) is 36.4 Å².